The van der Waals surface area contributed by atoms with Crippen LogP contribution in [0.25, 0.3) is 0 Å². The molecule has 1 saturated heterocycles. The molecule has 1 fully saturated rings. The van der Waals surface area contributed by atoms with E-state index in [0.717, 1.165) is 46.4 Å². The minimum atomic E-state index is -2.65. The summed E-state index contributed by atoms with van der Waals surface area (Å²) in [7, 11) is 0. The van der Waals surface area contributed by atoms with Crippen molar-refractivity contribution in [2.75, 3.05) is 33.0 Å². The number of rotatable bonds is 17. The van der Waals surface area contributed by atoms with Gasteiger partial charge in [0.25, 0.3) is 0 Å². The number of hydrogen-bond acceptors (Lipinski definition) is 8. The van der Waals surface area contributed by atoms with Gasteiger partial charge in [-0.3, -0.25) is 0 Å². The van der Waals surface area contributed by atoms with Crippen molar-refractivity contribution in [3.05, 3.63) is 10.7 Å². The Morgan fingerprint density at radius 3 is 2.11 bits per heavy atom. The molecule has 2 rings (SSSR count). The summed E-state index contributed by atoms with van der Waals surface area (Å²) in [5.74, 6) is -0.340. The van der Waals surface area contributed by atoms with Crippen molar-refractivity contribution in [3.8, 4) is 0 Å². The summed E-state index contributed by atoms with van der Waals surface area (Å²) in [6.07, 6.45) is 5.02. The van der Waals surface area contributed by atoms with Gasteiger partial charge in [-0.25, -0.2) is 0 Å². The molecular weight excluding hydrogens is 573 g/mol. The molecule has 0 unspecified atom stereocenters. The Morgan fingerprint density at radius 1 is 0.943 bits per heavy atom. The molecule has 35 heavy (non-hydrogen) atoms. The molecule has 0 bridgehead atoms. The van der Waals surface area contributed by atoms with Gasteiger partial charge in [-0.15, -0.1) is 0 Å². The van der Waals surface area contributed by atoms with E-state index in [4.69, 9.17) is 28.7 Å². The molecule has 0 spiro atoms. The van der Waals surface area contributed by atoms with Crippen molar-refractivity contribution < 1.29 is 28.5 Å². The quantitative estimate of drug-likeness (QED) is 0.130. The van der Waals surface area contributed by atoms with Crippen LogP contribution in [0.2, 0.25) is 14.8 Å². The number of aromatic nitrogens is 1. The summed E-state index contributed by atoms with van der Waals surface area (Å²) >= 11 is -1.05. The first kappa shape index (κ1) is 31.0. The van der Waals surface area contributed by atoms with Gasteiger partial charge in [-0.2, -0.15) is 0 Å². The molecule has 2 heterocycles. The zero-order valence-electron chi connectivity index (χ0n) is 22.9. The molecule has 202 valence electrons. The van der Waals surface area contributed by atoms with Gasteiger partial charge in [0.2, 0.25) is 0 Å². The molecule has 1 aliphatic rings. The topological polar surface area (TPSA) is 76.1 Å². The van der Waals surface area contributed by atoms with Crippen LogP contribution in [-0.4, -0.2) is 80.7 Å². The number of thiazole rings is 1. The molecule has 4 atom stereocenters. The van der Waals surface area contributed by atoms with Crippen molar-refractivity contribution in [2.45, 2.75) is 105 Å². The third kappa shape index (κ3) is 9.21. The number of ether oxygens (including phenoxy) is 5. The van der Waals surface area contributed by atoms with E-state index in [1.54, 1.807) is 11.3 Å². The second kappa shape index (κ2) is 15.9. The standard InChI is InChI=1S/C23H38NO6S.3CH3.Sn/c1-5-9-12-26-15-18-19(28-13-10-6-2)20(29-14-11-7-3)21(30-18)22-24-17(16-31-22)23(25)27-8-4;;;;/h18-21H,5-15H2,1-4H3;3*1H3;/t18-,19-,20-,21-;;;;/m1..../s1. The molecule has 0 aromatic carbocycles. The van der Waals surface area contributed by atoms with Crippen LogP contribution < -0.4 is 2.89 Å². The Kier molecular flexibility index (Phi) is 14.0. The van der Waals surface area contributed by atoms with Gasteiger partial charge < -0.3 is 0 Å². The van der Waals surface area contributed by atoms with E-state index in [9.17, 15) is 4.79 Å². The second-order valence-electron chi connectivity index (χ2n) is 10.1. The maximum atomic E-state index is 12.8. The van der Waals surface area contributed by atoms with Gasteiger partial charge in [0.15, 0.2) is 0 Å². The van der Waals surface area contributed by atoms with Gasteiger partial charge in [0, 0.05) is 0 Å². The molecule has 0 saturated carbocycles. The van der Waals surface area contributed by atoms with Crippen LogP contribution in [0.15, 0.2) is 0 Å². The Morgan fingerprint density at radius 2 is 1.54 bits per heavy atom. The van der Waals surface area contributed by atoms with E-state index in [0.29, 0.717) is 38.7 Å². The van der Waals surface area contributed by atoms with Crippen LogP contribution in [0, 0.1) is 0 Å². The molecule has 0 amide bonds. The van der Waals surface area contributed by atoms with Gasteiger partial charge in [0.05, 0.1) is 0 Å². The van der Waals surface area contributed by atoms with E-state index in [-0.39, 0.29) is 30.4 Å². The predicted molar refractivity (Wildman–Crippen MR) is 144 cm³/mol. The van der Waals surface area contributed by atoms with E-state index < -0.39 is 18.4 Å². The van der Waals surface area contributed by atoms with Gasteiger partial charge in [0.1, 0.15) is 0 Å². The van der Waals surface area contributed by atoms with Crippen LogP contribution in [0.4, 0.5) is 0 Å². The van der Waals surface area contributed by atoms with E-state index in [2.05, 4.69) is 35.6 Å². The van der Waals surface area contributed by atoms with Crippen molar-refractivity contribution in [1.29, 1.82) is 0 Å². The molecule has 0 radical (unpaired) electrons. The van der Waals surface area contributed by atoms with Gasteiger partial charge in [-0.05, 0) is 0 Å². The van der Waals surface area contributed by atoms with Crippen LogP contribution in [0.5, 0.6) is 0 Å². The number of esters is 1. The summed E-state index contributed by atoms with van der Waals surface area (Å²) in [6.45, 7) is 11.1. The molecule has 1 aromatic rings. The molecule has 0 aliphatic carbocycles. The average molecular weight is 620 g/mol. The van der Waals surface area contributed by atoms with Crippen molar-refractivity contribution in [1.82, 2.24) is 4.98 Å². The molecule has 7 nitrogen and oxygen atoms in total. The fourth-order valence-electron chi connectivity index (χ4n) is 3.92. The number of hydrogen-bond donors (Lipinski definition) is 0. The van der Waals surface area contributed by atoms with Crippen LogP contribution in [-0.2, 0) is 23.7 Å². The van der Waals surface area contributed by atoms with Gasteiger partial charge in [-0.1, -0.05) is 0 Å². The SMILES string of the molecule is CCCCOC[C@H]1O[C@@H](c2nc(C(=O)OCC)[c]([Sn]([CH3])([CH3])[CH3])s2)[C@H](OCCCC)[C@@H]1OCCCC. The first-order valence-electron chi connectivity index (χ1n) is 13.4. The van der Waals surface area contributed by atoms with Crippen molar-refractivity contribution >= 4 is 38.6 Å². The zero-order valence-corrected chi connectivity index (χ0v) is 26.6. The molecule has 1 aliphatic heterocycles. The van der Waals surface area contributed by atoms with E-state index in [1.807, 2.05) is 6.92 Å². The van der Waals surface area contributed by atoms with Crippen LogP contribution >= 0.6 is 11.3 Å². The summed E-state index contributed by atoms with van der Waals surface area (Å²) in [5.41, 5.74) is 0.470. The van der Waals surface area contributed by atoms with Crippen LogP contribution in [0.1, 0.15) is 87.8 Å². The summed E-state index contributed by atoms with van der Waals surface area (Å²) in [4.78, 5) is 24.5. The number of nitrogens with zero attached hydrogens (tertiary/aromatic N) is 1. The fraction of sp³-hybridized carbons (Fsp3) is 0.846. The first-order chi connectivity index (χ1) is 16.8. The van der Waals surface area contributed by atoms with E-state index in [1.165, 1.54) is 0 Å². The monoisotopic (exact) mass is 621 g/mol. The Hall–Kier alpha value is -0.261. The Balaban J connectivity index is 2.38. The fourth-order valence-corrected chi connectivity index (χ4v) is 11.1. The molecule has 1 aromatic heterocycles. The van der Waals surface area contributed by atoms with Crippen LogP contribution in [0.3, 0.4) is 0 Å². The van der Waals surface area contributed by atoms with Crippen molar-refractivity contribution in [3.63, 3.8) is 0 Å². The summed E-state index contributed by atoms with van der Waals surface area (Å²) in [6, 6.07) is 0. The average Bonchev–Trinajstić information content (AvgIpc) is 3.40. The second-order valence-corrected chi connectivity index (χ2v) is 26.4. The third-order valence-electron chi connectivity index (χ3n) is 5.89. The Bertz CT molecular complexity index is 753. The molecular formula is C26H47NO6SSn. The zero-order chi connectivity index (χ0) is 25.8. The van der Waals surface area contributed by atoms with E-state index >= 15 is 0 Å². The predicted octanol–water partition coefficient (Wildman–Crippen LogP) is 5.49. The summed E-state index contributed by atoms with van der Waals surface area (Å²) in [5, 5.41) is 0.788. The van der Waals surface area contributed by atoms with Gasteiger partial charge >= 0.3 is 221 Å². The number of unbranched alkanes of at least 4 members (excludes halogenated alkanes) is 3. The van der Waals surface area contributed by atoms with Crippen molar-refractivity contribution in [2.24, 2.45) is 0 Å². The normalized spacial score (nSPS) is 22.6. The molecule has 9 heteroatoms. The first-order valence-corrected chi connectivity index (χ1v) is 24.2. The minimum absolute atomic E-state index is 0.235. The number of carbonyl (C=O) groups is 1. The number of carbonyl (C=O) groups excluding carboxylic acids is 1. The molecule has 0 N–H and O–H groups in total. The third-order valence-corrected chi connectivity index (χ3v) is 16.4. The maximum absolute atomic E-state index is 12.8. The summed E-state index contributed by atoms with van der Waals surface area (Å²) < 4.78 is 31.8. The Labute approximate surface area is 220 Å².